The van der Waals surface area contributed by atoms with Crippen LogP contribution in [-0.2, 0) is 9.53 Å². The van der Waals surface area contributed by atoms with E-state index in [9.17, 15) is 25.2 Å². The van der Waals surface area contributed by atoms with Gasteiger partial charge in [-0.15, -0.1) is 0 Å². The average molecular weight is 373 g/mol. The zero-order chi connectivity index (χ0) is 19.4. The molecule has 4 atom stereocenters. The molecule has 1 rings (SSSR count). The van der Waals surface area contributed by atoms with Gasteiger partial charge >= 0.3 is 5.97 Å². The molecule has 4 N–H and O–H groups in total. The van der Waals surface area contributed by atoms with Crippen molar-refractivity contribution in [1.82, 2.24) is 0 Å². The summed E-state index contributed by atoms with van der Waals surface area (Å²) in [5.74, 6) is -0.666. The minimum absolute atomic E-state index is 0.0517. The Morgan fingerprint density at radius 1 is 1.00 bits per heavy atom. The second-order valence-electron chi connectivity index (χ2n) is 7.48. The van der Waals surface area contributed by atoms with Crippen LogP contribution in [0, 0.1) is 0 Å². The summed E-state index contributed by atoms with van der Waals surface area (Å²) in [4.78, 5) is 11.2. The predicted octanol–water partition coefficient (Wildman–Crippen LogP) is 3.14. The third-order valence-electron chi connectivity index (χ3n) is 4.77. The van der Waals surface area contributed by atoms with Gasteiger partial charge in [0.25, 0.3) is 0 Å². The summed E-state index contributed by atoms with van der Waals surface area (Å²) >= 11 is 0. The Bertz CT molecular complexity index is 423. The smallest absolute Gasteiger partial charge is 0.334 e. The zero-order valence-electron chi connectivity index (χ0n) is 16.0. The Kier molecular flexibility index (Phi) is 11.6. The quantitative estimate of drug-likeness (QED) is 0.276. The van der Waals surface area contributed by atoms with Crippen molar-refractivity contribution in [3.63, 3.8) is 0 Å². The van der Waals surface area contributed by atoms with Crippen molar-refractivity contribution >= 4 is 5.97 Å². The summed E-state index contributed by atoms with van der Waals surface area (Å²) in [5, 5.41) is 39.5. The van der Waals surface area contributed by atoms with Gasteiger partial charge in [-0.3, -0.25) is 0 Å². The van der Waals surface area contributed by atoms with Gasteiger partial charge in [-0.1, -0.05) is 51.9 Å². The molecule has 152 valence electrons. The van der Waals surface area contributed by atoms with E-state index in [1.807, 2.05) is 0 Å². The normalized spacial score (nSPS) is 21.0. The van der Waals surface area contributed by atoms with Gasteiger partial charge in [0.05, 0.1) is 24.4 Å². The lowest BCUT2D eigenvalue weighted by Crippen LogP contribution is -2.30. The van der Waals surface area contributed by atoms with E-state index in [1.165, 1.54) is 32.1 Å². The number of carbonyl (C=O) groups is 1. The summed E-state index contributed by atoms with van der Waals surface area (Å²) in [6.07, 6.45) is 7.89. The minimum Gasteiger partial charge on any atom is -0.512 e. The van der Waals surface area contributed by atoms with E-state index >= 15 is 0 Å². The Hall–Kier alpha value is -1.11. The molecule has 0 aromatic carbocycles. The number of cyclic esters (lactones) is 1. The Morgan fingerprint density at radius 2 is 1.62 bits per heavy atom. The molecule has 0 radical (unpaired) electrons. The van der Waals surface area contributed by atoms with E-state index < -0.39 is 30.4 Å². The molecule has 4 unspecified atom stereocenters. The molecule has 1 heterocycles. The molecule has 1 aliphatic rings. The molecular formula is C20H36O6. The van der Waals surface area contributed by atoms with E-state index in [2.05, 4.69) is 6.92 Å². The van der Waals surface area contributed by atoms with Crippen LogP contribution in [0.25, 0.3) is 0 Å². The fourth-order valence-electron chi connectivity index (χ4n) is 3.38. The summed E-state index contributed by atoms with van der Waals surface area (Å²) in [6.45, 7) is 2.20. The van der Waals surface area contributed by atoms with Crippen molar-refractivity contribution in [2.24, 2.45) is 0 Å². The van der Waals surface area contributed by atoms with Gasteiger partial charge in [0.2, 0.25) is 0 Å². The maximum atomic E-state index is 11.2. The van der Waals surface area contributed by atoms with Crippen molar-refractivity contribution in [2.45, 2.75) is 108 Å². The first kappa shape index (κ1) is 22.9. The molecular weight excluding hydrogens is 336 g/mol. The van der Waals surface area contributed by atoms with Crippen LogP contribution in [0.1, 0.15) is 84.0 Å². The fraction of sp³-hybridized carbons (Fsp3) is 0.850. The van der Waals surface area contributed by atoms with E-state index in [1.54, 1.807) is 0 Å². The largest absolute Gasteiger partial charge is 0.512 e. The molecule has 0 bridgehead atoms. The molecule has 0 aliphatic carbocycles. The van der Waals surface area contributed by atoms with Crippen LogP contribution in [0.5, 0.6) is 0 Å². The predicted molar refractivity (Wildman–Crippen MR) is 99.7 cm³/mol. The number of carbonyl (C=O) groups excluding carboxylic acids is 1. The van der Waals surface area contributed by atoms with Gasteiger partial charge < -0.3 is 25.2 Å². The van der Waals surface area contributed by atoms with Crippen LogP contribution in [0.15, 0.2) is 11.8 Å². The summed E-state index contributed by atoms with van der Waals surface area (Å²) in [7, 11) is 0. The van der Waals surface area contributed by atoms with Crippen LogP contribution >= 0.6 is 0 Å². The van der Waals surface area contributed by atoms with E-state index in [0.717, 1.165) is 18.9 Å². The van der Waals surface area contributed by atoms with Crippen molar-refractivity contribution in [3.05, 3.63) is 11.8 Å². The molecule has 6 nitrogen and oxygen atoms in total. The number of esters is 1. The highest BCUT2D eigenvalue weighted by molar-refractivity contribution is 5.83. The Balaban J connectivity index is 2.11. The number of unbranched alkanes of at least 4 members (excludes halogenated alkanes) is 6. The third kappa shape index (κ3) is 10.8. The van der Waals surface area contributed by atoms with E-state index in [-0.39, 0.29) is 31.4 Å². The van der Waals surface area contributed by atoms with E-state index in [0.29, 0.717) is 6.42 Å². The summed E-state index contributed by atoms with van der Waals surface area (Å²) in [5.41, 5.74) is 0. The number of aliphatic hydroxyl groups excluding tert-OH is 4. The highest BCUT2D eigenvalue weighted by atomic mass is 16.5. The van der Waals surface area contributed by atoms with Crippen LogP contribution in [-0.4, -0.2) is 50.8 Å². The lowest BCUT2D eigenvalue weighted by atomic mass is 9.97. The SMILES string of the molecule is CCCCCCCCCC(O)CC(O)CC(O)CC1CC(O)=CC(=O)O1. The number of rotatable bonds is 14. The average Bonchev–Trinajstić information content (AvgIpc) is 2.52. The number of ether oxygens (including phenoxy) is 1. The van der Waals surface area contributed by atoms with Gasteiger partial charge in [0, 0.05) is 12.8 Å². The number of aliphatic hydroxyl groups is 4. The maximum absolute atomic E-state index is 11.2. The Morgan fingerprint density at radius 3 is 2.27 bits per heavy atom. The molecule has 1 aliphatic heterocycles. The van der Waals surface area contributed by atoms with Gasteiger partial charge in [0.1, 0.15) is 11.9 Å². The molecule has 26 heavy (non-hydrogen) atoms. The van der Waals surface area contributed by atoms with Crippen LogP contribution < -0.4 is 0 Å². The highest BCUT2D eigenvalue weighted by Crippen LogP contribution is 2.20. The van der Waals surface area contributed by atoms with Crippen LogP contribution in [0.4, 0.5) is 0 Å². The second-order valence-corrected chi connectivity index (χ2v) is 7.48. The molecule has 0 fully saturated rings. The van der Waals surface area contributed by atoms with Gasteiger partial charge in [-0.25, -0.2) is 4.79 Å². The molecule has 0 spiro atoms. The number of hydrogen-bond acceptors (Lipinski definition) is 6. The third-order valence-corrected chi connectivity index (χ3v) is 4.77. The van der Waals surface area contributed by atoms with Crippen LogP contribution in [0.2, 0.25) is 0 Å². The van der Waals surface area contributed by atoms with Crippen molar-refractivity contribution in [1.29, 1.82) is 0 Å². The standard InChI is InChI=1S/C20H36O6/c1-2-3-4-5-6-7-8-9-15(21)10-16(22)11-17(23)12-19-13-18(24)14-20(25)26-19/h14-17,19,21-24H,2-13H2,1H3. The van der Waals surface area contributed by atoms with Crippen molar-refractivity contribution in [3.8, 4) is 0 Å². The zero-order valence-corrected chi connectivity index (χ0v) is 16.0. The van der Waals surface area contributed by atoms with Gasteiger partial charge in [-0.2, -0.15) is 0 Å². The Labute approximate surface area is 156 Å². The minimum atomic E-state index is -0.848. The monoisotopic (exact) mass is 372 g/mol. The van der Waals surface area contributed by atoms with Gasteiger partial charge in [-0.05, 0) is 19.3 Å². The first-order valence-electron chi connectivity index (χ1n) is 10.0. The summed E-state index contributed by atoms with van der Waals surface area (Å²) < 4.78 is 5.02. The van der Waals surface area contributed by atoms with Crippen molar-refractivity contribution in [2.75, 3.05) is 0 Å². The molecule has 0 saturated heterocycles. The van der Waals surface area contributed by atoms with E-state index in [4.69, 9.17) is 4.74 Å². The summed E-state index contributed by atoms with van der Waals surface area (Å²) in [6, 6.07) is 0. The second kappa shape index (κ2) is 13.1. The van der Waals surface area contributed by atoms with Crippen LogP contribution in [0.3, 0.4) is 0 Å². The van der Waals surface area contributed by atoms with Crippen molar-refractivity contribution < 1.29 is 30.0 Å². The molecule has 6 heteroatoms. The maximum Gasteiger partial charge on any atom is 0.334 e. The lowest BCUT2D eigenvalue weighted by molar-refractivity contribution is -0.146. The first-order valence-corrected chi connectivity index (χ1v) is 10.0. The highest BCUT2D eigenvalue weighted by Gasteiger charge is 2.25. The first-order chi connectivity index (χ1) is 12.4. The number of hydrogen-bond donors (Lipinski definition) is 4. The topological polar surface area (TPSA) is 107 Å². The molecule has 0 amide bonds. The molecule has 0 saturated carbocycles. The molecule has 0 aromatic heterocycles. The molecule has 0 aromatic rings. The van der Waals surface area contributed by atoms with Gasteiger partial charge in [0.15, 0.2) is 0 Å². The fourth-order valence-corrected chi connectivity index (χ4v) is 3.38. The lowest BCUT2D eigenvalue weighted by Gasteiger charge is -2.24.